The number of ether oxygens (including phenoxy) is 1. The van der Waals surface area contributed by atoms with Gasteiger partial charge in [-0.05, 0) is 31.2 Å². The number of nitrogens with zero attached hydrogens (tertiary/aromatic N) is 5. The number of fused-ring (bicyclic) bond motifs is 1. The van der Waals surface area contributed by atoms with E-state index in [1.54, 1.807) is 28.9 Å². The van der Waals surface area contributed by atoms with Gasteiger partial charge in [0.25, 0.3) is 0 Å². The number of pyridine rings is 1. The molecule has 0 aliphatic rings. The third-order valence-corrected chi connectivity index (χ3v) is 5.94. The van der Waals surface area contributed by atoms with Gasteiger partial charge in [0.2, 0.25) is 0 Å². The van der Waals surface area contributed by atoms with E-state index in [-0.39, 0.29) is 6.03 Å². The third-order valence-electron chi connectivity index (χ3n) is 5.94. The van der Waals surface area contributed by atoms with E-state index in [0.29, 0.717) is 18.1 Å². The number of hydrogen-bond acceptors (Lipinski definition) is 6. The summed E-state index contributed by atoms with van der Waals surface area (Å²) < 4.78 is 40.4. The van der Waals surface area contributed by atoms with Crippen molar-refractivity contribution in [3.8, 4) is 16.9 Å². The maximum Gasteiger partial charge on any atom is 0.490 e. The van der Waals surface area contributed by atoms with Crippen molar-refractivity contribution in [2.24, 2.45) is 7.05 Å². The van der Waals surface area contributed by atoms with E-state index in [2.05, 4.69) is 20.7 Å². The van der Waals surface area contributed by atoms with Gasteiger partial charge in [-0.3, -0.25) is 15.0 Å². The minimum atomic E-state index is -5.08. The Labute approximate surface area is 237 Å². The monoisotopic (exact) mass is 581 g/mol. The first kappa shape index (κ1) is 29.7. The lowest BCUT2D eigenvalue weighted by molar-refractivity contribution is -0.192. The topological polar surface area (TPSA) is 136 Å². The summed E-state index contributed by atoms with van der Waals surface area (Å²) in [5.41, 5.74) is 4.75. The molecule has 0 saturated carbocycles. The Kier molecular flexibility index (Phi) is 8.86. The molecule has 5 rings (SSSR count). The van der Waals surface area contributed by atoms with Gasteiger partial charge in [-0.25, -0.2) is 14.3 Å². The molecule has 0 saturated heterocycles. The molecule has 11 nitrogen and oxygen atoms in total. The number of alkyl halides is 3. The molecule has 42 heavy (non-hydrogen) atoms. The lowest BCUT2D eigenvalue weighted by Crippen LogP contribution is -2.22. The molecule has 0 aliphatic heterocycles. The lowest BCUT2D eigenvalue weighted by Gasteiger charge is -2.13. The van der Waals surface area contributed by atoms with E-state index in [0.717, 1.165) is 39.0 Å². The maximum atomic E-state index is 13.2. The number of nitrogens with one attached hydrogen (secondary N) is 2. The summed E-state index contributed by atoms with van der Waals surface area (Å²) in [5, 5.41) is 24.0. The fourth-order valence-electron chi connectivity index (χ4n) is 4.03. The zero-order valence-corrected chi connectivity index (χ0v) is 22.7. The van der Waals surface area contributed by atoms with Crippen LogP contribution < -0.4 is 10.6 Å². The van der Waals surface area contributed by atoms with Crippen LogP contribution >= 0.6 is 0 Å². The van der Waals surface area contributed by atoms with E-state index in [1.807, 2.05) is 74.8 Å². The number of aliphatic carboxylic acids is 1. The molecule has 0 fully saturated rings. The number of amides is 2. The van der Waals surface area contributed by atoms with Crippen LogP contribution in [0.25, 0.3) is 27.7 Å². The number of rotatable bonds is 6. The van der Waals surface area contributed by atoms with Gasteiger partial charge in [0.1, 0.15) is 11.5 Å². The van der Waals surface area contributed by atoms with Crippen molar-refractivity contribution in [1.82, 2.24) is 24.5 Å². The Bertz CT molecular complexity index is 1720. The maximum absolute atomic E-state index is 13.2. The molecule has 0 radical (unpaired) electrons. The number of para-hydroxylation sites is 1. The van der Waals surface area contributed by atoms with Crippen molar-refractivity contribution in [2.45, 2.75) is 19.7 Å². The predicted octanol–water partition coefficient (Wildman–Crippen LogP) is 5.55. The highest BCUT2D eigenvalue weighted by Gasteiger charge is 2.38. The van der Waals surface area contributed by atoms with Gasteiger partial charge >= 0.3 is 18.2 Å². The van der Waals surface area contributed by atoms with Gasteiger partial charge in [-0.2, -0.15) is 23.4 Å². The summed E-state index contributed by atoms with van der Waals surface area (Å²) in [4.78, 5) is 26.5. The van der Waals surface area contributed by atoms with Gasteiger partial charge in [0.15, 0.2) is 0 Å². The van der Waals surface area contributed by atoms with Crippen LogP contribution in [0, 0.1) is 6.92 Å². The summed E-state index contributed by atoms with van der Waals surface area (Å²) >= 11 is 0. The first-order chi connectivity index (χ1) is 20.0. The summed E-state index contributed by atoms with van der Waals surface area (Å²) in [6, 6.07) is 16.9. The van der Waals surface area contributed by atoms with Crippen LogP contribution in [-0.4, -0.2) is 54.9 Å². The molecular formula is C28H26F3N7O4. The Hall–Kier alpha value is -5.24. The summed E-state index contributed by atoms with van der Waals surface area (Å²) in [5.74, 6) is -2.18. The fraction of sp³-hybridized carbons (Fsp3) is 0.179. The molecule has 0 atom stereocenters. The molecule has 3 aromatic heterocycles. The van der Waals surface area contributed by atoms with Crippen LogP contribution in [0.4, 0.5) is 29.5 Å². The zero-order chi connectivity index (χ0) is 30.4. The largest absolute Gasteiger partial charge is 0.490 e. The van der Waals surface area contributed by atoms with Crippen molar-refractivity contribution in [3.63, 3.8) is 0 Å². The van der Waals surface area contributed by atoms with Gasteiger partial charge in [-0.1, -0.05) is 30.3 Å². The van der Waals surface area contributed by atoms with Crippen LogP contribution in [0.1, 0.15) is 11.3 Å². The number of hydrogen-bond donors (Lipinski definition) is 3. The molecule has 0 spiro atoms. The number of carboxylic acid groups (broad SMARTS) is 1. The first-order valence-electron chi connectivity index (χ1n) is 12.4. The van der Waals surface area contributed by atoms with Crippen LogP contribution in [0.5, 0.6) is 0 Å². The first-order valence-corrected chi connectivity index (χ1v) is 12.4. The summed E-state index contributed by atoms with van der Waals surface area (Å²) in [7, 11) is 3.48. The predicted molar refractivity (Wildman–Crippen MR) is 149 cm³/mol. The number of carbonyl (C=O) groups is 2. The molecule has 14 heteroatoms. The molecule has 5 aromatic rings. The number of halogens is 3. The number of aryl methyl sites for hydroxylation is 1. The Morgan fingerprint density at radius 1 is 1.05 bits per heavy atom. The van der Waals surface area contributed by atoms with Crippen LogP contribution in [0.3, 0.4) is 0 Å². The Balaban J connectivity index is 0.000000517. The van der Waals surface area contributed by atoms with Crippen molar-refractivity contribution >= 4 is 34.3 Å². The van der Waals surface area contributed by atoms with Crippen molar-refractivity contribution < 1.29 is 32.6 Å². The average molecular weight is 582 g/mol. The van der Waals surface area contributed by atoms with E-state index < -0.39 is 12.1 Å². The molecule has 218 valence electrons. The van der Waals surface area contributed by atoms with Crippen molar-refractivity contribution in [1.29, 1.82) is 0 Å². The SMILES string of the molecule is COCc1cc2c(NC(=O)Nc3c(C)c(-c4cnn(C)c4)nn3-c3ccccc3)cccc2cn1.O=C(O)C(F)(F)F. The average Bonchev–Trinajstić information content (AvgIpc) is 3.52. The highest BCUT2D eigenvalue weighted by atomic mass is 19.4. The zero-order valence-electron chi connectivity index (χ0n) is 22.7. The number of methoxy groups -OCH3 is 1. The molecule has 2 aromatic carbocycles. The highest BCUT2D eigenvalue weighted by molar-refractivity contribution is 6.06. The molecule has 3 heterocycles. The molecule has 0 bridgehead atoms. The Morgan fingerprint density at radius 2 is 1.76 bits per heavy atom. The molecule has 0 aliphatic carbocycles. The van der Waals surface area contributed by atoms with Crippen LogP contribution in [0.2, 0.25) is 0 Å². The fourth-order valence-corrected chi connectivity index (χ4v) is 4.03. The Morgan fingerprint density at radius 3 is 2.38 bits per heavy atom. The normalized spacial score (nSPS) is 11.1. The highest BCUT2D eigenvalue weighted by Crippen LogP contribution is 2.31. The number of carboxylic acids is 1. The van der Waals surface area contributed by atoms with Gasteiger partial charge in [0, 0.05) is 48.5 Å². The smallest absolute Gasteiger partial charge is 0.475 e. The second-order valence-electron chi connectivity index (χ2n) is 8.99. The van der Waals surface area contributed by atoms with Crippen LogP contribution in [-0.2, 0) is 23.2 Å². The van der Waals surface area contributed by atoms with Crippen molar-refractivity contribution in [2.75, 3.05) is 17.7 Å². The van der Waals surface area contributed by atoms with Gasteiger partial charge in [0.05, 0.1) is 29.9 Å². The molecule has 2 amide bonds. The van der Waals surface area contributed by atoms with E-state index in [9.17, 15) is 18.0 Å². The second kappa shape index (κ2) is 12.5. The quantitative estimate of drug-likeness (QED) is 0.239. The lowest BCUT2D eigenvalue weighted by atomic mass is 10.1. The second-order valence-corrected chi connectivity index (χ2v) is 8.99. The molecule has 0 unspecified atom stereocenters. The number of benzene rings is 2. The summed E-state index contributed by atoms with van der Waals surface area (Å²) in [6.45, 7) is 2.33. The standard InChI is InChI=1S/C26H25N7O2.C2HF3O2/c1-17-24(19-14-28-32(2)15-19)31-33(21-9-5-4-6-10-21)25(17)30-26(34)29-23-11-7-8-18-13-27-20(16-35-3)12-22(18)23;3-2(4,5)1(6)7/h4-15H,16H2,1-3H3,(H2,29,30,34);(H,6,7). The minimum absolute atomic E-state index is 0.375. The third kappa shape index (κ3) is 6.90. The van der Waals surface area contributed by atoms with Crippen LogP contribution in [0.15, 0.2) is 73.2 Å². The van der Waals surface area contributed by atoms with Crippen molar-refractivity contribution in [3.05, 3.63) is 84.4 Å². The number of carbonyl (C=O) groups excluding carboxylic acids is 1. The minimum Gasteiger partial charge on any atom is -0.475 e. The number of anilines is 2. The van der Waals surface area contributed by atoms with E-state index in [1.165, 1.54) is 0 Å². The number of aromatic nitrogens is 5. The van der Waals surface area contributed by atoms with E-state index >= 15 is 0 Å². The van der Waals surface area contributed by atoms with E-state index in [4.69, 9.17) is 19.7 Å². The molecular weight excluding hydrogens is 555 g/mol. The number of urea groups is 1. The molecule has 3 N–H and O–H groups in total. The van der Waals surface area contributed by atoms with Gasteiger partial charge in [-0.15, -0.1) is 0 Å². The summed E-state index contributed by atoms with van der Waals surface area (Å²) in [6.07, 6.45) is 0.355. The van der Waals surface area contributed by atoms with Gasteiger partial charge < -0.3 is 15.2 Å².